The molecule has 1 rings (SSSR count). The molecule has 0 fully saturated rings. The van der Waals surface area contributed by atoms with Crippen molar-refractivity contribution in [1.82, 2.24) is 0 Å². The van der Waals surface area contributed by atoms with Gasteiger partial charge in [0.05, 0.1) is 13.7 Å². The first-order chi connectivity index (χ1) is 7.74. The van der Waals surface area contributed by atoms with Crippen molar-refractivity contribution in [3.05, 3.63) is 30.3 Å². The Morgan fingerprint density at radius 3 is 2.38 bits per heavy atom. The number of rotatable bonds is 4. The van der Waals surface area contributed by atoms with Crippen molar-refractivity contribution in [2.45, 2.75) is 0 Å². The summed E-state index contributed by atoms with van der Waals surface area (Å²) in [5.74, 6) is 0.293. The lowest BCUT2D eigenvalue weighted by Crippen LogP contribution is -2.12. The predicted molar refractivity (Wildman–Crippen MR) is 60.1 cm³/mol. The number of hydrogen-bond donors (Lipinski definition) is 2. The molecule has 0 bridgehead atoms. The second-order valence-electron chi connectivity index (χ2n) is 2.69. The highest BCUT2D eigenvalue weighted by Crippen LogP contribution is 2.07. The fourth-order valence-corrected chi connectivity index (χ4v) is 0.718. The van der Waals surface area contributed by atoms with Gasteiger partial charge in [0.15, 0.2) is 6.61 Å². The summed E-state index contributed by atoms with van der Waals surface area (Å²) < 4.78 is 9.49. The minimum Gasteiger partial charge on any atom is -0.482 e. The second-order valence-corrected chi connectivity index (χ2v) is 2.69. The lowest BCUT2D eigenvalue weighted by Gasteiger charge is -2.02. The predicted octanol–water partition coefficient (Wildman–Crippen LogP) is 0.176. The number of aliphatic hydroxyl groups excluding tert-OH is 1. The van der Waals surface area contributed by atoms with Crippen molar-refractivity contribution in [3.63, 3.8) is 0 Å². The van der Waals surface area contributed by atoms with Crippen LogP contribution in [0.25, 0.3) is 0 Å². The Kier molecular flexibility index (Phi) is 8.96. The summed E-state index contributed by atoms with van der Waals surface area (Å²) in [5.41, 5.74) is 4.78. The molecule has 0 saturated carbocycles. The van der Waals surface area contributed by atoms with E-state index in [1.54, 1.807) is 12.1 Å². The van der Waals surface area contributed by atoms with Crippen LogP contribution in [0.3, 0.4) is 0 Å². The van der Waals surface area contributed by atoms with Crippen LogP contribution in [0.2, 0.25) is 0 Å². The molecule has 90 valence electrons. The molecule has 16 heavy (non-hydrogen) atoms. The van der Waals surface area contributed by atoms with Crippen molar-refractivity contribution in [2.75, 3.05) is 26.9 Å². The van der Waals surface area contributed by atoms with E-state index in [1.807, 2.05) is 18.2 Å². The van der Waals surface area contributed by atoms with Gasteiger partial charge < -0.3 is 20.3 Å². The molecule has 0 atom stereocenters. The van der Waals surface area contributed by atoms with Crippen LogP contribution in [-0.2, 0) is 9.53 Å². The molecule has 5 heteroatoms. The van der Waals surface area contributed by atoms with Gasteiger partial charge in [-0.25, -0.2) is 4.79 Å². The number of ether oxygens (including phenoxy) is 2. The first-order valence-corrected chi connectivity index (χ1v) is 4.80. The first-order valence-electron chi connectivity index (χ1n) is 4.80. The number of para-hydroxylation sites is 1. The molecule has 0 radical (unpaired) electrons. The van der Waals surface area contributed by atoms with Crippen molar-refractivity contribution in [1.29, 1.82) is 0 Å². The fourth-order valence-electron chi connectivity index (χ4n) is 0.718. The third kappa shape index (κ3) is 7.78. The van der Waals surface area contributed by atoms with E-state index in [0.29, 0.717) is 12.3 Å². The number of carbonyl (C=O) groups is 1. The Bertz CT molecular complexity index is 275. The Hall–Kier alpha value is -1.59. The van der Waals surface area contributed by atoms with Gasteiger partial charge >= 0.3 is 5.97 Å². The highest BCUT2D eigenvalue weighted by molar-refractivity contribution is 5.70. The highest BCUT2D eigenvalue weighted by Gasteiger charge is 1.99. The molecule has 0 aliphatic heterocycles. The molecule has 1 aromatic carbocycles. The lowest BCUT2D eigenvalue weighted by molar-refractivity contribution is -0.142. The summed E-state index contributed by atoms with van der Waals surface area (Å²) in [4.78, 5) is 10.6. The Morgan fingerprint density at radius 2 is 1.94 bits per heavy atom. The highest BCUT2D eigenvalue weighted by atomic mass is 16.6. The molecule has 0 aromatic heterocycles. The van der Waals surface area contributed by atoms with Gasteiger partial charge in [-0.3, -0.25) is 0 Å². The summed E-state index contributed by atoms with van der Waals surface area (Å²) in [6.45, 7) is 0.431. The van der Waals surface area contributed by atoms with Gasteiger partial charge in [0.25, 0.3) is 0 Å². The third-order valence-electron chi connectivity index (χ3n) is 1.46. The summed E-state index contributed by atoms with van der Waals surface area (Å²) in [5, 5.41) is 7.75. The summed E-state index contributed by atoms with van der Waals surface area (Å²) >= 11 is 0. The third-order valence-corrected chi connectivity index (χ3v) is 1.46. The van der Waals surface area contributed by atoms with Gasteiger partial charge in [-0.1, -0.05) is 18.2 Å². The molecule has 5 nitrogen and oxygen atoms in total. The van der Waals surface area contributed by atoms with Gasteiger partial charge in [0.1, 0.15) is 5.75 Å². The maximum Gasteiger partial charge on any atom is 0.343 e. The molecule has 3 N–H and O–H groups in total. The molecular weight excluding hydrogens is 210 g/mol. The SMILES string of the molecule is COC(=O)COc1ccccc1.NCCO. The fraction of sp³-hybridized carbons (Fsp3) is 0.364. The largest absolute Gasteiger partial charge is 0.482 e. The topological polar surface area (TPSA) is 81.8 Å². The van der Waals surface area contributed by atoms with Crippen LogP contribution < -0.4 is 10.5 Å². The zero-order chi connectivity index (χ0) is 12.2. The van der Waals surface area contributed by atoms with E-state index in [-0.39, 0.29) is 19.2 Å². The van der Waals surface area contributed by atoms with Gasteiger partial charge in [-0.2, -0.15) is 0 Å². The molecule has 0 unspecified atom stereocenters. The molecule has 0 amide bonds. The van der Waals surface area contributed by atoms with E-state index < -0.39 is 0 Å². The van der Waals surface area contributed by atoms with Crippen LogP contribution in [0.4, 0.5) is 0 Å². The van der Waals surface area contributed by atoms with E-state index in [2.05, 4.69) is 4.74 Å². The normalized spacial score (nSPS) is 8.69. The van der Waals surface area contributed by atoms with Gasteiger partial charge in [0.2, 0.25) is 0 Å². The van der Waals surface area contributed by atoms with Gasteiger partial charge in [-0.15, -0.1) is 0 Å². The summed E-state index contributed by atoms with van der Waals surface area (Å²) in [6.07, 6.45) is 0. The van der Waals surface area contributed by atoms with Gasteiger partial charge in [-0.05, 0) is 12.1 Å². The number of methoxy groups -OCH3 is 1. The smallest absolute Gasteiger partial charge is 0.343 e. The minimum absolute atomic E-state index is 0.0412. The number of carbonyl (C=O) groups excluding carboxylic acids is 1. The van der Waals surface area contributed by atoms with Crippen LogP contribution in [-0.4, -0.2) is 37.9 Å². The van der Waals surface area contributed by atoms with Gasteiger partial charge in [0, 0.05) is 6.54 Å². The number of benzene rings is 1. The Balaban J connectivity index is 0.000000487. The molecule has 0 aliphatic rings. The van der Waals surface area contributed by atoms with E-state index in [4.69, 9.17) is 15.6 Å². The summed E-state index contributed by atoms with van der Waals surface area (Å²) in [7, 11) is 1.33. The second kappa shape index (κ2) is 9.95. The van der Waals surface area contributed by atoms with Crippen molar-refractivity contribution in [2.24, 2.45) is 5.73 Å². The first kappa shape index (κ1) is 14.4. The standard InChI is InChI=1S/C9H10O3.C2H7NO/c1-11-9(10)7-12-8-5-3-2-4-6-8;3-1-2-4/h2-6H,7H2,1H3;4H,1-3H2. The zero-order valence-corrected chi connectivity index (χ0v) is 9.26. The quantitative estimate of drug-likeness (QED) is 0.717. The maximum atomic E-state index is 10.6. The Morgan fingerprint density at radius 1 is 1.38 bits per heavy atom. The minimum atomic E-state index is -0.376. The van der Waals surface area contributed by atoms with Crippen LogP contribution in [0.1, 0.15) is 0 Å². The Labute approximate surface area is 94.8 Å². The van der Waals surface area contributed by atoms with Crippen molar-refractivity contribution in [3.8, 4) is 5.75 Å². The summed E-state index contributed by atoms with van der Waals surface area (Å²) in [6, 6.07) is 9.12. The molecule has 1 aromatic rings. The average molecular weight is 227 g/mol. The van der Waals surface area contributed by atoms with E-state index in [9.17, 15) is 4.79 Å². The van der Waals surface area contributed by atoms with E-state index in [0.717, 1.165) is 0 Å². The van der Waals surface area contributed by atoms with E-state index in [1.165, 1.54) is 7.11 Å². The monoisotopic (exact) mass is 227 g/mol. The van der Waals surface area contributed by atoms with Crippen LogP contribution >= 0.6 is 0 Å². The van der Waals surface area contributed by atoms with Crippen LogP contribution in [0, 0.1) is 0 Å². The zero-order valence-electron chi connectivity index (χ0n) is 9.26. The molecule has 0 spiro atoms. The van der Waals surface area contributed by atoms with Crippen LogP contribution in [0.5, 0.6) is 5.75 Å². The number of hydrogen-bond acceptors (Lipinski definition) is 5. The molecular formula is C11H17NO4. The van der Waals surface area contributed by atoms with Crippen molar-refractivity contribution < 1.29 is 19.4 Å². The molecule has 0 saturated heterocycles. The van der Waals surface area contributed by atoms with Crippen LogP contribution in [0.15, 0.2) is 30.3 Å². The lowest BCUT2D eigenvalue weighted by atomic mass is 10.3. The molecule has 0 heterocycles. The molecule has 0 aliphatic carbocycles. The number of esters is 1. The van der Waals surface area contributed by atoms with E-state index >= 15 is 0 Å². The average Bonchev–Trinajstić information content (AvgIpc) is 2.37. The number of aliphatic hydroxyl groups is 1. The van der Waals surface area contributed by atoms with Crippen molar-refractivity contribution >= 4 is 5.97 Å². The number of nitrogens with two attached hydrogens (primary N) is 1. The maximum absolute atomic E-state index is 10.6.